The molecule has 1 aromatic rings. The number of amides is 2. The number of nitrogens with zero attached hydrogens (tertiary/aromatic N) is 1. The van der Waals surface area contributed by atoms with Crippen molar-refractivity contribution >= 4 is 22.3 Å². The summed E-state index contributed by atoms with van der Waals surface area (Å²) in [4.78, 5) is 24.7. The highest BCUT2D eigenvalue weighted by atomic mass is 32.2. The van der Waals surface area contributed by atoms with Crippen molar-refractivity contribution in [3.8, 4) is 0 Å². The summed E-state index contributed by atoms with van der Waals surface area (Å²) in [5.74, 6) is 0.0846. The molecule has 0 radical (unpaired) electrons. The second-order valence-corrected chi connectivity index (χ2v) is 7.16. The molecule has 1 fully saturated rings. The highest BCUT2D eigenvalue weighted by Gasteiger charge is 2.21. The monoisotopic (exact) mass is 339 g/mol. The molecule has 23 heavy (non-hydrogen) atoms. The van der Waals surface area contributed by atoms with Gasteiger partial charge in [0.1, 0.15) is 0 Å². The summed E-state index contributed by atoms with van der Waals surface area (Å²) >= 11 is 0. The van der Waals surface area contributed by atoms with Gasteiger partial charge in [-0.25, -0.2) is 13.6 Å². The fourth-order valence-corrected chi connectivity index (χ4v) is 3.19. The van der Waals surface area contributed by atoms with Crippen LogP contribution in [0.1, 0.15) is 37.3 Å². The Morgan fingerprint density at radius 1 is 1.22 bits per heavy atom. The molecule has 3 N–H and O–H groups in total. The van der Waals surface area contributed by atoms with Crippen LogP contribution >= 0.6 is 0 Å². The van der Waals surface area contributed by atoms with Crippen molar-refractivity contribution in [2.24, 2.45) is 5.14 Å². The van der Waals surface area contributed by atoms with Gasteiger partial charge in [-0.05, 0) is 30.5 Å². The Morgan fingerprint density at radius 3 is 2.52 bits per heavy atom. The van der Waals surface area contributed by atoms with E-state index in [9.17, 15) is 18.0 Å². The van der Waals surface area contributed by atoms with Crippen molar-refractivity contribution in [3.05, 3.63) is 29.8 Å². The topological polar surface area (TPSA) is 110 Å². The van der Waals surface area contributed by atoms with E-state index in [0.29, 0.717) is 25.9 Å². The molecular formula is C15H21N3O4S. The highest BCUT2D eigenvalue weighted by molar-refractivity contribution is 7.89. The summed E-state index contributed by atoms with van der Waals surface area (Å²) in [7, 11) is -3.75. The summed E-state index contributed by atoms with van der Waals surface area (Å²) in [6.07, 6.45) is 3.98. The Labute approximate surface area is 135 Å². The molecule has 0 spiro atoms. The lowest BCUT2D eigenvalue weighted by atomic mass is 10.1. The Morgan fingerprint density at radius 2 is 1.91 bits per heavy atom. The number of likely N-dealkylation sites (tertiary alicyclic amines) is 1. The molecule has 7 nitrogen and oxygen atoms in total. The minimum Gasteiger partial charge on any atom is -0.350 e. The quantitative estimate of drug-likeness (QED) is 0.736. The van der Waals surface area contributed by atoms with Crippen LogP contribution in [0.2, 0.25) is 0 Å². The molecular weight excluding hydrogens is 318 g/mol. The Bertz CT molecular complexity index is 658. The fourth-order valence-electron chi connectivity index (χ4n) is 2.68. The normalized spacial score (nSPS) is 17.4. The summed E-state index contributed by atoms with van der Waals surface area (Å²) < 4.78 is 22.6. The van der Waals surface area contributed by atoms with E-state index < -0.39 is 10.0 Å². The van der Waals surface area contributed by atoms with Gasteiger partial charge in [0, 0.05) is 19.5 Å². The molecule has 1 unspecified atom stereocenters. The number of primary sulfonamides is 1. The molecule has 1 saturated heterocycles. The van der Waals surface area contributed by atoms with Crippen molar-refractivity contribution < 1.29 is 18.0 Å². The number of hydrogen-bond acceptors (Lipinski definition) is 4. The molecule has 0 aromatic heterocycles. The SMILES string of the molecule is NS(=O)(=O)c1ccc(C(CN2CCCCCC2=O)NC=O)cc1. The number of carbonyl (C=O) groups is 2. The first-order valence-corrected chi connectivity index (χ1v) is 9.06. The van der Waals surface area contributed by atoms with E-state index in [-0.39, 0.29) is 16.8 Å². The molecule has 2 amide bonds. The van der Waals surface area contributed by atoms with Gasteiger partial charge < -0.3 is 10.2 Å². The summed E-state index contributed by atoms with van der Waals surface area (Å²) in [6, 6.07) is 5.61. The molecule has 1 heterocycles. The van der Waals surface area contributed by atoms with Crippen LogP contribution in [0, 0.1) is 0 Å². The standard InChI is InChI=1S/C15H21N3O4S/c16-23(21,22)13-7-5-12(6-8-13)14(17-11-19)10-18-9-3-1-2-4-15(18)20/h5-8,11,14H,1-4,9-10H2,(H,17,19)(H2,16,21,22). The molecule has 0 saturated carbocycles. The van der Waals surface area contributed by atoms with Crippen molar-refractivity contribution in [2.75, 3.05) is 13.1 Å². The smallest absolute Gasteiger partial charge is 0.238 e. The van der Waals surface area contributed by atoms with E-state index in [1.807, 2.05) is 0 Å². The average molecular weight is 339 g/mol. The van der Waals surface area contributed by atoms with Gasteiger partial charge in [-0.2, -0.15) is 0 Å². The first kappa shape index (κ1) is 17.4. The van der Waals surface area contributed by atoms with Crippen molar-refractivity contribution in [2.45, 2.75) is 36.6 Å². The van der Waals surface area contributed by atoms with Crippen molar-refractivity contribution in [1.29, 1.82) is 0 Å². The van der Waals surface area contributed by atoms with E-state index in [4.69, 9.17) is 5.14 Å². The van der Waals surface area contributed by atoms with E-state index >= 15 is 0 Å². The third kappa shape index (κ3) is 4.77. The molecule has 126 valence electrons. The number of rotatable bonds is 6. The zero-order chi connectivity index (χ0) is 16.9. The van der Waals surface area contributed by atoms with Crippen LogP contribution in [0.5, 0.6) is 0 Å². The van der Waals surface area contributed by atoms with Crippen LogP contribution in [0.25, 0.3) is 0 Å². The van der Waals surface area contributed by atoms with Crippen LogP contribution in [0.3, 0.4) is 0 Å². The van der Waals surface area contributed by atoms with Gasteiger partial charge in [-0.1, -0.05) is 18.6 Å². The maximum Gasteiger partial charge on any atom is 0.238 e. The fraction of sp³-hybridized carbons (Fsp3) is 0.467. The first-order valence-electron chi connectivity index (χ1n) is 7.52. The van der Waals surface area contributed by atoms with Gasteiger partial charge in [0.05, 0.1) is 10.9 Å². The van der Waals surface area contributed by atoms with E-state index in [1.54, 1.807) is 17.0 Å². The zero-order valence-electron chi connectivity index (χ0n) is 12.8. The molecule has 1 aliphatic rings. The van der Waals surface area contributed by atoms with E-state index in [2.05, 4.69) is 5.32 Å². The van der Waals surface area contributed by atoms with Gasteiger partial charge >= 0.3 is 0 Å². The Balaban J connectivity index is 2.17. The summed E-state index contributed by atoms with van der Waals surface area (Å²) in [6.45, 7) is 1.04. The lowest BCUT2D eigenvalue weighted by Crippen LogP contribution is -2.38. The molecule has 1 aliphatic heterocycles. The summed E-state index contributed by atoms with van der Waals surface area (Å²) in [5.41, 5.74) is 0.724. The lowest BCUT2D eigenvalue weighted by molar-refractivity contribution is -0.131. The molecule has 2 rings (SSSR count). The first-order chi connectivity index (χ1) is 10.9. The van der Waals surface area contributed by atoms with Crippen LogP contribution < -0.4 is 10.5 Å². The molecule has 0 bridgehead atoms. The third-order valence-corrected chi connectivity index (χ3v) is 4.88. The molecule has 1 atom stereocenters. The van der Waals surface area contributed by atoms with Crippen LogP contribution in [0.15, 0.2) is 29.2 Å². The third-order valence-electron chi connectivity index (χ3n) is 3.95. The second-order valence-electron chi connectivity index (χ2n) is 5.60. The second kappa shape index (κ2) is 7.56. The van der Waals surface area contributed by atoms with Gasteiger partial charge in [0.25, 0.3) is 0 Å². The maximum atomic E-state index is 12.1. The van der Waals surface area contributed by atoms with E-state index in [0.717, 1.165) is 24.8 Å². The van der Waals surface area contributed by atoms with Gasteiger partial charge in [0.2, 0.25) is 22.3 Å². The predicted molar refractivity (Wildman–Crippen MR) is 84.8 cm³/mol. The van der Waals surface area contributed by atoms with Crippen molar-refractivity contribution in [3.63, 3.8) is 0 Å². The molecule has 0 aliphatic carbocycles. The van der Waals surface area contributed by atoms with Crippen LogP contribution in [0.4, 0.5) is 0 Å². The lowest BCUT2D eigenvalue weighted by Gasteiger charge is -2.26. The largest absolute Gasteiger partial charge is 0.350 e. The number of benzene rings is 1. The van der Waals surface area contributed by atoms with Crippen LogP contribution in [-0.2, 0) is 19.6 Å². The minimum atomic E-state index is -3.75. The van der Waals surface area contributed by atoms with Gasteiger partial charge in [-0.15, -0.1) is 0 Å². The van der Waals surface area contributed by atoms with Crippen LogP contribution in [-0.4, -0.2) is 38.7 Å². The van der Waals surface area contributed by atoms with E-state index in [1.165, 1.54) is 12.1 Å². The van der Waals surface area contributed by atoms with Gasteiger partial charge in [0.15, 0.2) is 0 Å². The Hall–Kier alpha value is -1.93. The molecule has 1 aromatic carbocycles. The van der Waals surface area contributed by atoms with Gasteiger partial charge in [-0.3, -0.25) is 9.59 Å². The highest BCUT2D eigenvalue weighted by Crippen LogP contribution is 2.19. The molecule has 8 heteroatoms. The zero-order valence-corrected chi connectivity index (χ0v) is 13.6. The number of nitrogens with one attached hydrogen (secondary N) is 1. The van der Waals surface area contributed by atoms with Crippen molar-refractivity contribution in [1.82, 2.24) is 10.2 Å². The predicted octanol–water partition coefficient (Wildman–Crippen LogP) is 0.524. The summed E-state index contributed by atoms with van der Waals surface area (Å²) in [5, 5.41) is 7.76. The maximum absolute atomic E-state index is 12.1. The number of carbonyl (C=O) groups excluding carboxylic acids is 2. The number of sulfonamides is 1. The number of nitrogens with two attached hydrogens (primary N) is 1. The average Bonchev–Trinajstić information content (AvgIpc) is 2.71. The Kier molecular flexibility index (Phi) is 5.73. The minimum absolute atomic E-state index is 0.0111. The number of hydrogen-bond donors (Lipinski definition) is 2.